The predicted molar refractivity (Wildman–Crippen MR) is 151 cm³/mol. The first-order chi connectivity index (χ1) is 17.2. The van der Waals surface area contributed by atoms with E-state index in [1.807, 2.05) is 0 Å². The Bertz CT molecular complexity index is 1240. The van der Waals surface area contributed by atoms with E-state index in [2.05, 4.69) is 100.0 Å². The molecule has 5 rings (SSSR count). The van der Waals surface area contributed by atoms with Crippen LogP contribution in [0.25, 0.3) is 11.4 Å². The minimum absolute atomic E-state index is 0.382. The van der Waals surface area contributed by atoms with Gasteiger partial charge in [0.05, 0.1) is 5.69 Å². The molecule has 0 radical (unpaired) electrons. The average molecular weight is 484 g/mol. The van der Waals surface area contributed by atoms with Gasteiger partial charge in [-0.15, -0.1) is 0 Å². The zero-order valence-corrected chi connectivity index (χ0v) is 23.0. The molecule has 5 nitrogen and oxygen atoms in total. The topological polar surface area (TPSA) is 44.3 Å². The van der Waals surface area contributed by atoms with Crippen LogP contribution in [-0.2, 0) is 13.0 Å². The third kappa shape index (κ3) is 4.61. The maximum absolute atomic E-state index is 5.34. The van der Waals surface area contributed by atoms with E-state index in [1.54, 1.807) is 0 Å². The van der Waals surface area contributed by atoms with Gasteiger partial charge in [0.25, 0.3) is 0 Å². The highest BCUT2D eigenvalue weighted by Gasteiger charge is 2.31. The Morgan fingerprint density at radius 1 is 0.972 bits per heavy atom. The van der Waals surface area contributed by atoms with Crippen molar-refractivity contribution >= 4 is 11.5 Å². The Morgan fingerprint density at radius 2 is 1.72 bits per heavy atom. The van der Waals surface area contributed by atoms with Crippen molar-refractivity contribution in [1.29, 1.82) is 0 Å². The van der Waals surface area contributed by atoms with Crippen LogP contribution in [0.5, 0.6) is 0 Å². The lowest BCUT2D eigenvalue weighted by atomic mass is 9.97. The fourth-order valence-electron chi connectivity index (χ4n) is 5.76. The van der Waals surface area contributed by atoms with Gasteiger partial charge in [0.2, 0.25) is 0 Å². The number of aryl methyl sites for hydroxylation is 3. The zero-order valence-electron chi connectivity index (χ0n) is 23.0. The summed E-state index contributed by atoms with van der Waals surface area (Å²) in [7, 11) is 0. The Balaban J connectivity index is 1.63. The largest absolute Gasteiger partial charge is 0.366 e. The lowest BCUT2D eigenvalue weighted by Crippen LogP contribution is -2.55. The highest BCUT2D eigenvalue weighted by atomic mass is 15.3. The van der Waals surface area contributed by atoms with Crippen molar-refractivity contribution in [2.24, 2.45) is 0 Å². The van der Waals surface area contributed by atoms with Crippen LogP contribution < -0.4 is 15.1 Å². The Labute approximate surface area is 217 Å². The second-order valence-electron chi connectivity index (χ2n) is 11.2. The van der Waals surface area contributed by atoms with Crippen LogP contribution >= 0.6 is 0 Å². The molecule has 3 heterocycles. The monoisotopic (exact) mass is 483 g/mol. The maximum Gasteiger partial charge on any atom is 0.162 e. The van der Waals surface area contributed by atoms with Gasteiger partial charge in [0.15, 0.2) is 5.82 Å². The molecule has 190 valence electrons. The molecule has 0 amide bonds. The highest BCUT2D eigenvalue weighted by molar-refractivity contribution is 5.68. The Morgan fingerprint density at radius 3 is 2.44 bits per heavy atom. The van der Waals surface area contributed by atoms with Crippen LogP contribution in [0.2, 0.25) is 0 Å². The summed E-state index contributed by atoms with van der Waals surface area (Å²) in [6.45, 7) is 19.5. The Kier molecular flexibility index (Phi) is 6.78. The van der Waals surface area contributed by atoms with Gasteiger partial charge >= 0.3 is 0 Å². The number of hydrogen-bond acceptors (Lipinski definition) is 5. The molecule has 1 N–H and O–H groups in total. The number of benzene rings is 2. The van der Waals surface area contributed by atoms with Gasteiger partial charge in [0.1, 0.15) is 5.82 Å². The Hall–Kier alpha value is -2.92. The summed E-state index contributed by atoms with van der Waals surface area (Å²) in [6.07, 6.45) is 0.935. The molecule has 1 saturated heterocycles. The second-order valence-corrected chi connectivity index (χ2v) is 11.2. The van der Waals surface area contributed by atoms with Gasteiger partial charge in [0, 0.05) is 61.5 Å². The van der Waals surface area contributed by atoms with Gasteiger partial charge < -0.3 is 15.1 Å². The highest BCUT2D eigenvalue weighted by Crippen LogP contribution is 2.36. The smallest absolute Gasteiger partial charge is 0.162 e. The zero-order chi connectivity index (χ0) is 25.6. The molecule has 1 aromatic heterocycles. The summed E-state index contributed by atoms with van der Waals surface area (Å²) in [4.78, 5) is 15.6. The third-order valence-electron chi connectivity index (χ3n) is 8.02. The van der Waals surface area contributed by atoms with Gasteiger partial charge in [-0.1, -0.05) is 44.2 Å². The van der Waals surface area contributed by atoms with E-state index >= 15 is 0 Å². The van der Waals surface area contributed by atoms with Gasteiger partial charge in [-0.3, -0.25) is 0 Å². The molecule has 0 saturated carbocycles. The number of hydrogen-bond donors (Lipinski definition) is 1. The molecule has 2 aliphatic heterocycles. The van der Waals surface area contributed by atoms with Crippen LogP contribution in [0, 0.1) is 20.8 Å². The van der Waals surface area contributed by atoms with Crippen molar-refractivity contribution in [3.63, 3.8) is 0 Å². The van der Waals surface area contributed by atoms with Crippen molar-refractivity contribution in [2.45, 2.75) is 79.4 Å². The summed E-state index contributed by atoms with van der Waals surface area (Å²) in [5, 5.41) is 3.64. The van der Waals surface area contributed by atoms with Crippen LogP contribution in [0.1, 0.15) is 67.1 Å². The summed E-state index contributed by atoms with van der Waals surface area (Å²) >= 11 is 0. The first-order valence-corrected chi connectivity index (χ1v) is 13.5. The standard InChI is InChI=1S/C31H41N5/c1-19(2)25-12-11-20(3)28(15-25)35-14-13-27-26(18-35)31(36-17-23(6)32-16-24(36)7)34-30(33-27)29-21(4)9-8-10-22(29)5/h8-12,15,19,23-24,32H,13-14,16-18H2,1-7H3/t23-,24+/m0/s1. The summed E-state index contributed by atoms with van der Waals surface area (Å²) in [6, 6.07) is 14.2. The lowest BCUT2D eigenvalue weighted by molar-refractivity contribution is 0.421. The SMILES string of the molecule is Cc1ccc(C(C)C)cc1N1CCc2nc(-c3c(C)cccc3C)nc(N3C[C@H](C)NC[C@H]3C)c2C1. The normalized spacial score (nSPS) is 20.1. The van der Waals surface area contributed by atoms with Crippen LogP contribution in [0.15, 0.2) is 36.4 Å². The molecule has 2 aromatic carbocycles. The number of fused-ring (bicyclic) bond motifs is 1. The number of piperazine rings is 1. The number of nitrogens with one attached hydrogen (secondary N) is 1. The predicted octanol–water partition coefficient (Wildman–Crippen LogP) is 5.94. The second kappa shape index (κ2) is 9.85. The lowest BCUT2D eigenvalue weighted by Gasteiger charge is -2.41. The van der Waals surface area contributed by atoms with Gasteiger partial charge in [-0.25, -0.2) is 9.97 Å². The first-order valence-electron chi connectivity index (χ1n) is 13.5. The van der Waals surface area contributed by atoms with Crippen molar-refractivity contribution in [3.05, 3.63) is 69.9 Å². The molecule has 3 aromatic rings. The quantitative estimate of drug-likeness (QED) is 0.497. The van der Waals surface area contributed by atoms with E-state index in [9.17, 15) is 0 Å². The van der Waals surface area contributed by atoms with Gasteiger partial charge in [-0.2, -0.15) is 0 Å². The molecule has 1 fully saturated rings. The molecule has 2 aliphatic rings. The van der Waals surface area contributed by atoms with E-state index in [-0.39, 0.29) is 0 Å². The first kappa shape index (κ1) is 24.8. The van der Waals surface area contributed by atoms with Crippen molar-refractivity contribution < 1.29 is 0 Å². The summed E-state index contributed by atoms with van der Waals surface area (Å²) in [5.41, 5.74) is 10.2. The fraction of sp³-hybridized carbons (Fsp3) is 0.484. The minimum atomic E-state index is 0.382. The number of nitrogens with zero attached hydrogens (tertiary/aromatic N) is 4. The van der Waals surface area contributed by atoms with Crippen LogP contribution in [0.4, 0.5) is 11.5 Å². The summed E-state index contributed by atoms with van der Waals surface area (Å²) in [5.74, 6) is 2.52. The van der Waals surface area contributed by atoms with E-state index in [4.69, 9.17) is 9.97 Å². The molecule has 5 heteroatoms. The molecule has 0 unspecified atom stereocenters. The molecule has 0 spiro atoms. The van der Waals surface area contributed by atoms with Crippen LogP contribution in [0.3, 0.4) is 0 Å². The average Bonchev–Trinajstić information content (AvgIpc) is 2.85. The molecule has 0 bridgehead atoms. The van der Waals surface area contributed by atoms with Crippen molar-refractivity contribution in [3.8, 4) is 11.4 Å². The minimum Gasteiger partial charge on any atom is -0.366 e. The maximum atomic E-state index is 5.34. The van der Waals surface area contributed by atoms with E-state index in [1.165, 1.54) is 44.8 Å². The molecular formula is C31H41N5. The van der Waals surface area contributed by atoms with Crippen LogP contribution in [-0.4, -0.2) is 41.7 Å². The van der Waals surface area contributed by atoms with Crippen molar-refractivity contribution in [1.82, 2.24) is 15.3 Å². The van der Waals surface area contributed by atoms with E-state index < -0.39 is 0 Å². The number of rotatable bonds is 4. The molecular weight excluding hydrogens is 442 g/mol. The van der Waals surface area contributed by atoms with E-state index in [0.29, 0.717) is 18.0 Å². The summed E-state index contributed by atoms with van der Waals surface area (Å²) < 4.78 is 0. The number of aromatic nitrogens is 2. The number of anilines is 2. The molecule has 2 atom stereocenters. The molecule has 36 heavy (non-hydrogen) atoms. The van der Waals surface area contributed by atoms with Crippen molar-refractivity contribution in [2.75, 3.05) is 29.4 Å². The fourth-order valence-corrected chi connectivity index (χ4v) is 5.76. The van der Waals surface area contributed by atoms with Gasteiger partial charge in [-0.05, 0) is 68.9 Å². The third-order valence-corrected chi connectivity index (χ3v) is 8.02. The molecule has 0 aliphatic carbocycles. The van der Waals surface area contributed by atoms with E-state index in [0.717, 1.165) is 44.2 Å².